The topological polar surface area (TPSA) is 77.8 Å². The van der Waals surface area contributed by atoms with Crippen LogP contribution in [0.5, 0.6) is 0 Å². The van der Waals surface area contributed by atoms with Gasteiger partial charge in [0, 0.05) is 17.8 Å². The Morgan fingerprint density at radius 1 is 0.853 bits per heavy atom. The van der Waals surface area contributed by atoms with Crippen LogP contribution in [0.3, 0.4) is 0 Å². The lowest BCUT2D eigenvalue weighted by Gasteiger charge is -2.73. The summed E-state index contributed by atoms with van der Waals surface area (Å²) < 4.78 is 0. The first-order chi connectivity index (χ1) is 15.5. The Morgan fingerprint density at radius 3 is 2.12 bits per heavy atom. The van der Waals surface area contributed by atoms with Crippen molar-refractivity contribution in [2.45, 2.75) is 137 Å². The van der Waals surface area contributed by atoms with Crippen LogP contribution in [-0.2, 0) is 4.79 Å². The molecule has 0 aromatic heterocycles. The summed E-state index contributed by atoms with van der Waals surface area (Å²) in [6.45, 7) is 18.0. The molecule has 10 atom stereocenters. The fraction of sp³-hybridized carbons (Fsp3) is 0.967. The molecule has 0 amide bonds. The molecule has 0 aliphatic heterocycles. The van der Waals surface area contributed by atoms with Gasteiger partial charge in [-0.1, -0.05) is 55.4 Å². The van der Waals surface area contributed by atoms with E-state index in [1.165, 1.54) is 0 Å². The van der Waals surface area contributed by atoms with Gasteiger partial charge in [-0.2, -0.15) is 0 Å². The van der Waals surface area contributed by atoms with Crippen molar-refractivity contribution in [2.75, 3.05) is 0 Å². The van der Waals surface area contributed by atoms with E-state index in [1.54, 1.807) is 0 Å². The van der Waals surface area contributed by atoms with Gasteiger partial charge in [0.05, 0.1) is 12.2 Å². The van der Waals surface area contributed by atoms with Crippen LogP contribution in [0.1, 0.15) is 120 Å². The van der Waals surface area contributed by atoms with Gasteiger partial charge in [-0.15, -0.1) is 0 Å². The molecule has 0 aromatic rings. The average Bonchev–Trinajstić information content (AvgIpc) is 2.91. The number of fused-ring (bicyclic) bond motifs is 5. The van der Waals surface area contributed by atoms with Gasteiger partial charge >= 0.3 is 0 Å². The monoisotopic (exact) mass is 476 g/mol. The molecule has 4 nitrogen and oxygen atoms in total. The summed E-state index contributed by atoms with van der Waals surface area (Å²) in [5.74, 6) is 0.362. The maximum absolute atomic E-state index is 13.3. The maximum Gasteiger partial charge on any atom is 0.138 e. The minimum Gasteiger partial charge on any atom is -0.393 e. The van der Waals surface area contributed by atoms with Crippen LogP contribution in [0, 0.1) is 44.8 Å². The Bertz CT molecular complexity index is 825. The normalized spacial score (nSPS) is 53.7. The highest BCUT2D eigenvalue weighted by Crippen LogP contribution is 2.80. The summed E-state index contributed by atoms with van der Waals surface area (Å²) in [7, 11) is 0. The van der Waals surface area contributed by atoms with Crippen molar-refractivity contribution >= 4 is 5.78 Å². The third kappa shape index (κ3) is 3.09. The second-order valence-electron chi connectivity index (χ2n) is 14.7. The van der Waals surface area contributed by atoms with Crippen molar-refractivity contribution in [2.24, 2.45) is 44.8 Å². The van der Waals surface area contributed by atoms with Crippen LogP contribution in [-0.4, -0.2) is 38.9 Å². The summed E-state index contributed by atoms with van der Waals surface area (Å²) in [6, 6.07) is 0. The van der Waals surface area contributed by atoms with Crippen LogP contribution < -0.4 is 0 Å². The Morgan fingerprint density at radius 2 is 1.50 bits per heavy atom. The summed E-state index contributed by atoms with van der Waals surface area (Å²) in [6.07, 6.45) is 7.59. The van der Waals surface area contributed by atoms with E-state index in [2.05, 4.69) is 48.5 Å². The molecule has 4 aliphatic carbocycles. The van der Waals surface area contributed by atoms with Crippen molar-refractivity contribution in [3.05, 3.63) is 0 Å². The number of carbonyl (C=O) groups is 1. The van der Waals surface area contributed by atoms with Crippen LogP contribution in [0.2, 0.25) is 0 Å². The highest BCUT2D eigenvalue weighted by molar-refractivity contribution is 5.82. The van der Waals surface area contributed by atoms with Gasteiger partial charge in [0.15, 0.2) is 0 Å². The lowest BCUT2D eigenvalue weighted by Crippen LogP contribution is -2.68. The van der Waals surface area contributed by atoms with Gasteiger partial charge < -0.3 is 15.3 Å². The fourth-order valence-corrected chi connectivity index (χ4v) is 10.4. The SMILES string of the molecule is CC(C)CCC(=O)[C@@H](C)[C@@]1(O)[C@H](O)C[C@@]2(C)C3CC[C@@]4(C)C[C@@H](O)CC[C@]4(C)[C@@]3(C)CC[C@]12C. The van der Waals surface area contributed by atoms with E-state index in [0.717, 1.165) is 51.4 Å². The molecular formula is C30H52O4. The zero-order valence-corrected chi connectivity index (χ0v) is 23.2. The molecule has 0 heterocycles. The standard InChI is InChI=1S/C30H52O4/c1-19(2)9-10-22(32)20(3)30(34)24(33)18-27(6)23-12-13-25(4)17-21(31)11-14-28(25,7)26(23,5)15-16-29(27,30)8/h19-21,23-24,31,33-34H,9-18H2,1-8H3/t20-,21+,23?,24-,25+,26+,27+,28+,29+,30-/m1/s1. The first-order valence-electron chi connectivity index (χ1n) is 14.1. The van der Waals surface area contributed by atoms with Gasteiger partial charge in [0.2, 0.25) is 0 Å². The minimum absolute atomic E-state index is 0.0876. The summed E-state index contributed by atoms with van der Waals surface area (Å²) in [5.41, 5.74) is -1.80. The number of rotatable bonds is 5. The lowest BCUT2D eigenvalue weighted by molar-refractivity contribution is -0.264. The summed E-state index contributed by atoms with van der Waals surface area (Å²) in [4.78, 5) is 13.3. The molecule has 4 saturated carbocycles. The minimum atomic E-state index is -1.39. The van der Waals surface area contributed by atoms with Crippen molar-refractivity contribution < 1.29 is 20.1 Å². The van der Waals surface area contributed by atoms with Gasteiger partial charge in [-0.3, -0.25) is 4.79 Å². The van der Waals surface area contributed by atoms with Crippen molar-refractivity contribution in [3.8, 4) is 0 Å². The smallest absolute Gasteiger partial charge is 0.138 e. The maximum atomic E-state index is 13.3. The number of hydrogen-bond donors (Lipinski definition) is 3. The first-order valence-corrected chi connectivity index (χ1v) is 14.1. The van der Waals surface area contributed by atoms with Crippen LogP contribution in [0.15, 0.2) is 0 Å². The number of carbonyl (C=O) groups excluding carboxylic acids is 1. The van der Waals surface area contributed by atoms with Crippen molar-refractivity contribution in [3.63, 3.8) is 0 Å². The number of ketones is 1. The van der Waals surface area contributed by atoms with E-state index in [0.29, 0.717) is 24.7 Å². The highest BCUT2D eigenvalue weighted by atomic mass is 16.3. The molecule has 0 aromatic carbocycles. The molecule has 0 spiro atoms. The van der Waals surface area contributed by atoms with E-state index < -0.39 is 23.0 Å². The van der Waals surface area contributed by atoms with Crippen LogP contribution in [0.25, 0.3) is 0 Å². The average molecular weight is 477 g/mol. The van der Waals surface area contributed by atoms with Gasteiger partial charge in [-0.25, -0.2) is 0 Å². The molecule has 4 fully saturated rings. The second-order valence-corrected chi connectivity index (χ2v) is 14.7. The molecule has 4 aliphatic rings. The molecule has 0 bridgehead atoms. The number of aliphatic hydroxyl groups excluding tert-OH is 2. The summed E-state index contributed by atoms with van der Waals surface area (Å²) >= 11 is 0. The molecule has 1 unspecified atom stereocenters. The fourth-order valence-electron chi connectivity index (χ4n) is 10.4. The van der Waals surface area contributed by atoms with E-state index in [-0.39, 0.29) is 33.5 Å². The molecular weight excluding hydrogens is 424 g/mol. The van der Waals surface area contributed by atoms with Crippen LogP contribution >= 0.6 is 0 Å². The largest absolute Gasteiger partial charge is 0.393 e. The third-order valence-electron chi connectivity index (χ3n) is 13.3. The summed E-state index contributed by atoms with van der Waals surface area (Å²) in [5, 5.41) is 34.4. The molecule has 196 valence electrons. The van der Waals surface area contributed by atoms with Crippen LogP contribution in [0.4, 0.5) is 0 Å². The Hall–Kier alpha value is -0.450. The van der Waals surface area contributed by atoms with Gasteiger partial charge in [0.1, 0.15) is 11.4 Å². The number of Topliss-reactive ketones (excluding diaryl/α,β-unsaturated/α-hetero) is 1. The third-order valence-corrected chi connectivity index (χ3v) is 13.3. The zero-order chi connectivity index (χ0) is 25.5. The zero-order valence-electron chi connectivity index (χ0n) is 23.2. The van der Waals surface area contributed by atoms with E-state index >= 15 is 0 Å². The predicted molar refractivity (Wildman–Crippen MR) is 136 cm³/mol. The molecule has 34 heavy (non-hydrogen) atoms. The van der Waals surface area contributed by atoms with Crippen molar-refractivity contribution in [1.29, 1.82) is 0 Å². The lowest BCUT2D eigenvalue weighted by atomic mass is 9.32. The molecule has 4 heteroatoms. The van der Waals surface area contributed by atoms with Gasteiger partial charge in [-0.05, 0) is 91.3 Å². The van der Waals surface area contributed by atoms with Crippen molar-refractivity contribution in [1.82, 2.24) is 0 Å². The van der Waals surface area contributed by atoms with E-state index in [9.17, 15) is 20.1 Å². The Kier molecular flexibility index (Phi) is 6.28. The number of aliphatic hydroxyl groups is 3. The second kappa shape index (κ2) is 8.02. The first kappa shape index (κ1) is 26.6. The highest BCUT2D eigenvalue weighted by Gasteiger charge is 2.77. The predicted octanol–water partition coefficient (Wildman–Crippen LogP) is 5.90. The molecule has 0 saturated heterocycles. The quantitative estimate of drug-likeness (QED) is 0.461. The Balaban J connectivity index is 1.72. The van der Waals surface area contributed by atoms with E-state index in [4.69, 9.17) is 0 Å². The molecule has 0 radical (unpaired) electrons. The van der Waals surface area contributed by atoms with Gasteiger partial charge in [0.25, 0.3) is 0 Å². The Labute approximate surface area is 208 Å². The molecule has 3 N–H and O–H groups in total. The number of hydrogen-bond acceptors (Lipinski definition) is 4. The molecule has 4 rings (SSSR count). The van der Waals surface area contributed by atoms with E-state index in [1.807, 2.05) is 6.92 Å².